The zero-order valence-electron chi connectivity index (χ0n) is 14.3. The second-order valence-electron chi connectivity index (χ2n) is 5.45. The van der Waals surface area contributed by atoms with Gasteiger partial charge in [-0.25, -0.2) is 4.79 Å². The molecule has 132 valence electrons. The van der Waals surface area contributed by atoms with Crippen molar-refractivity contribution in [2.45, 2.75) is 0 Å². The van der Waals surface area contributed by atoms with Crippen LogP contribution in [0.2, 0.25) is 0 Å². The Morgan fingerprint density at radius 3 is 2.42 bits per heavy atom. The minimum atomic E-state index is -0.603. The van der Waals surface area contributed by atoms with Crippen molar-refractivity contribution in [3.63, 3.8) is 0 Å². The molecule has 0 unspecified atom stereocenters. The quantitative estimate of drug-likeness (QED) is 0.563. The average Bonchev–Trinajstić information content (AvgIpc) is 2.66. The standard InChI is InChI=1S/C20H17NO5/c1-24-15-9-13(10-16(12-15)25-2)7-8-19(22)21-17-11-14-5-3-4-6-18(14)26-20(17)23/h3-12H,1-2H3,(H,21,22)/b8-7+. The maximum absolute atomic E-state index is 12.1. The summed E-state index contributed by atoms with van der Waals surface area (Å²) < 4.78 is 15.6. The lowest BCUT2D eigenvalue weighted by Crippen LogP contribution is -2.15. The van der Waals surface area contributed by atoms with Gasteiger partial charge in [0.2, 0.25) is 5.91 Å². The zero-order valence-corrected chi connectivity index (χ0v) is 14.3. The Labute approximate surface area is 149 Å². The van der Waals surface area contributed by atoms with Crippen LogP contribution in [0.3, 0.4) is 0 Å². The summed E-state index contributed by atoms with van der Waals surface area (Å²) >= 11 is 0. The first-order valence-electron chi connectivity index (χ1n) is 7.84. The van der Waals surface area contributed by atoms with Crippen molar-refractivity contribution in [1.29, 1.82) is 0 Å². The van der Waals surface area contributed by atoms with Crippen LogP contribution in [-0.4, -0.2) is 20.1 Å². The van der Waals surface area contributed by atoms with Gasteiger partial charge in [0.1, 0.15) is 22.8 Å². The average molecular weight is 351 g/mol. The molecule has 0 radical (unpaired) electrons. The highest BCUT2D eigenvalue weighted by Gasteiger charge is 2.07. The molecular weight excluding hydrogens is 334 g/mol. The molecule has 6 nitrogen and oxygen atoms in total. The molecule has 6 heteroatoms. The minimum absolute atomic E-state index is 0.0848. The van der Waals surface area contributed by atoms with Crippen LogP contribution in [0, 0.1) is 0 Å². The number of para-hydroxylation sites is 1. The maximum atomic E-state index is 12.1. The molecule has 26 heavy (non-hydrogen) atoms. The smallest absolute Gasteiger partial charge is 0.360 e. The van der Waals surface area contributed by atoms with Gasteiger partial charge in [-0.3, -0.25) is 4.79 Å². The topological polar surface area (TPSA) is 77.8 Å². The molecule has 0 bridgehead atoms. The number of hydrogen-bond acceptors (Lipinski definition) is 5. The zero-order chi connectivity index (χ0) is 18.5. The number of ether oxygens (including phenoxy) is 2. The number of hydrogen-bond donors (Lipinski definition) is 1. The molecule has 0 atom stereocenters. The molecule has 1 aromatic heterocycles. The van der Waals surface area contributed by atoms with Crippen LogP contribution in [-0.2, 0) is 4.79 Å². The molecule has 2 aromatic carbocycles. The van der Waals surface area contributed by atoms with Crippen molar-refractivity contribution in [1.82, 2.24) is 0 Å². The maximum Gasteiger partial charge on any atom is 0.360 e. The molecule has 0 saturated carbocycles. The Balaban J connectivity index is 1.80. The summed E-state index contributed by atoms with van der Waals surface area (Å²) in [5, 5.41) is 3.26. The third-order valence-corrected chi connectivity index (χ3v) is 3.70. The van der Waals surface area contributed by atoms with Crippen molar-refractivity contribution < 1.29 is 18.7 Å². The summed E-state index contributed by atoms with van der Waals surface area (Å²) in [7, 11) is 3.10. The summed E-state index contributed by atoms with van der Waals surface area (Å²) in [6, 6.07) is 13.9. The van der Waals surface area contributed by atoms with E-state index in [0.717, 1.165) is 10.9 Å². The van der Waals surface area contributed by atoms with E-state index < -0.39 is 11.5 Å². The number of carbonyl (C=O) groups excluding carboxylic acids is 1. The van der Waals surface area contributed by atoms with Crippen LogP contribution in [0.15, 0.2) is 63.8 Å². The molecule has 3 aromatic rings. The third kappa shape index (κ3) is 3.92. The molecule has 0 aliphatic rings. The predicted octanol–water partition coefficient (Wildman–Crippen LogP) is 3.46. The van der Waals surface area contributed by atoms with Gasteiger partial charge >= 0.3 is 5.63 Å². The van der Waals surface area contributed by atoms with E-state index in [0.29, 0.717) is 17.1 Å². The van der Waals surface area contributed by atoms with E-state index in [2.05, 4.69) is 5.32 Å². The van der Waals surface area contributed by atoms with Gasteiger partial charge in [-0.15, -0.1) is 0 Å². The van der Waals surface area contributed by atoms with E-state index in [4.69, 9.17) is 13.9 Å². The van der Waals surface area contributed by atoms with Gasteiger partial charge in [0, 0.05) is 17.5 Å². The number of anilines is 1. The monoisotopic (exact) mass is 351 g/mol. The van der Waals surface area contributed by atoms with Crippen molar-refractivity contribution in [2.24, 2.45) is 0 Å². The largest absolute Gasteiger partial charge is 0.497 e. The number of methoxy groups -OCH3 is 2. The fourth-order valence-electron chi connectivity index (χ4n) is 2.42. The number of benzene rings is 2. The molecule has 1 N–H and O–H groups in total. The second kappa shape index (κ2) is 7.57. The lowest BCUT2D eigenvalue weighted by atomic mass is 10.2. The van der Waals surface area contributed by atoms with Gasteiger partial charge in [0.05, 0.1) is 14.2 Å². The summed E-state index contributed by atoms with van der Waals surface area (Å²) in [5.74, 6) is 0.772. The van der Waals surface area contributed by atoms with Gasteiger partial charge in [-0.1, -0.05) is 18.2 Å². The first-order valence-corrected chi connectivity index (χ1v) is 7.84. The first-order chi connectivity index (χ1) is 12.6. The molecular formula is C20H17NO5. The van der Waals surface area contributed by atoms with Crippen molar-refractivity contribution in [3.05, 3.63) is 70.6 Å². The third-order valence-electron chi connectivity index (χ3n) is 3.70. The van der Waals surface area contributed by atoms with E-state index in [1.165, 1.54) is 6.08 Å². The van der Waals surface area contributed by atoms with E-state index in [9.17, 15) is 9.59 Å². The summed E-state index contributed by atoms with van der Waals surface area (Å²) in [4.78, 5) is 24.1. The second-order valence-corrected chi connectivity index (χ2v) is 5.45. The molecule has 0 aliphatic carbocycles. The van der Waals surface area contributed by atoms with Gasteiger partial charge in [-0.2, -0.15) is 0 Å². The molecule has 1 heterocycles. The molecule has 3 rings (SSSR count). The highest BCUT2D eigenvalue weighted by molar-refractivity contribution is 6.02. The van der Waals surface area contributed by atoms with Gasteiger partial charge in [-0.05, 0) is 35.9 Å². The van der Waals surface area contributed by atoms with Gasteiger partial charge in [0.25, 0.3) is 0 Å². The van der Waals surface area contributed by atoms with Crippen LogP contribution in [0.5, 0.6) is 11.5 Å². The van der Waals surface area contributed by atoms with E-state index in [1.807, 2.05) is 6.07 Å². The fraction of sp³-hybridized carbons (Fsp3) is 0.100. The Bertz CT molecular complexity index is 1010. The Hall–Kier alpha value is -3.54. The molecule has 1 amide bonds. The Morgan fingerprint density at radius 2 is 1.73 bits per heavy atom. The lowest BCUT2D eigenvalue weighted by Gasteiger charge is -2.06. The number of fused-ring (bicyclic) bond motifs is 1. The van der Waals surface area contributed by atoms with Gasteiger partial charge in [0.15, 0.2) is 0 Å². The number of carbonyl (C=O) groups is 1. The van der Waals surface area contributed by atoms with Crippen LogP contribution >= 0.6 is 0 Å². The Morgan fingerprint density at radius 1 is 1.04 bits per heavy atom. The van der Waals surface area contributed by atoms with Crippen LogP contribution in [0.4, 0.5) is 5.69 Å². The molecule has 0 aliphatic heterocycles. The van der Waals surface area contributed by atoms with Crippen molar-refractivity contribution >= 4 is 28.6 Å². The number of nitrogens with one attached hydrogen (secondary N) is 1. The first kappa shape index (κ1) is 17.3. The highest BCUT2D eigenvalue weighted by atomic mass is 16.5. The van der Waals surface area contributed by atoms with Crippen LogP contribution in [0.1, 0.15) is 5.56 Å². The molecule has 0 saturated heterocycles. The van der Waals surface area contributed by atoms with Gasteiger partial charge < -0.3 is 19.2 Å². The summed E-state index contributed by atoms with van der Waals surface area (Å²) in [6.45, 7) is 0. The minimum Gasteiger partial charge on any atom is -0.497 e. The molecule has 0 fully saturated rings. The van der Waals surface area contributed by atoms with Crippen LogP contribution in [0.25, 0.3) is 17.0 Å². The fourth-order valence-corrected chi connectivity index (χ4v) is 2.42. The van der Waals surface area contributed by atoms with Crippen molar-refractivity contribution in [2.75, 3.05) is 19.5 Å². The van der Waals surface area contributed by atoms with E-state index in [1.54, 1.807) is 62.8 Å². The molecule has 0 spiro atoms. The Kier molecular flexibility index (Phi) is 5.03. The number of amides is 1. The van der Waals surface area contributed by atoms with E-state index >= 15 is 0 Å². The number of rotatable bonds is 5. The van der Waals surface area contributed by atoms with E-state index in [-0.39, 0.29) is 5.69 Å². The summed E-state index contributed by atoms with van der Waals surface area (Å²) in [6.07, 6.45) is 2.92. The van der Waals surface area contributed by atoms with Crippen molar-refractivity contribution in [3.8, 4) is 11.5 Å². The predicted molar refractivity (Wildman–Crippen MR) is 99.7 cm³/mol. The summed E-state index contributed by atoms with van der Waals surface area (Å²) in [5.41, 5.74) is 0.673. The lowest BCUT2D eigenvalue weighted by molar-refractivity contribution is -0.111. The highest BCUT2D eigenvalue weighted by Crippen LogP contribution is 2.23. The van der Waals surface area contributed by atoms with Crippen LogP contribution < -0.4 is 20.4 Å². The SMILES string of the molecule is COc1cc(/C=C/C(=O)Nc2cc3ccccc3oc2=O)cc(OC)c1. The normalized spacial score (nSPS) is 10.8.